The van der Waals surface area contributed by atoms with Gasteiger partial charge in [0.2, 0.25) is 0 Å². The van der Waals surface area contributed by atoms with Gasteiger partial charge in [-0.3, -0.25) is 4.90 Å². The highest BCUT2D eigenvalue weighted by atomic mass is 15.2. The average Bonchev–Trinajstić information content (AvgIpc) is 2.58. The van der Waals surface area contributed by atoms with Crippen LogP contribution in [0.3, 0.4) is 0 Å². The molecule has 1 aliphatic heterocycles. The summed E-state index contributed by atoms with van der Waals surface area (Å²) < 4.78 is 0. The van der Waals surface area contributed by atoms with E-state index in [1.165, 1.54) is 32.2 Å². The van der Waals surface area contributed by atoms with E-state index < -0.39 is 0 Å². The summed E-state index contributed by atoms with van der Waals surface area (Å²) in [4.78, 5) is 2.70. The minimum absolute atomic E-state index is 0.458. The van der Waals surface area contributed by atoms with E-state index in [1.54, 1.807) is 0 Å². The van der Waals surface area contributed by atoms with E-state index in [0.29, 0.717) is 5.41 Å². The molecule has 1 fully saturated rings. The van der Waals surface area contributed by atoms with Gasteiger partial charge in [-0.2, -0.15) is 0 Å². The molecule has 2 nitrogen and oxygen atoms in total. The molecule has 0 aromatic heterocycles. The SMILES string of the molecule is CCC1CCC(C)N1CCNCCC(C)(C)C. The van der Waals surface area contributed by atoms with Crippen LogP contribution in [0.1, 0.15) is 60.3 Å². The Hall–Kier alpha value is -0.0800. The van der Waals surface area contributed by atoms with Crippen LogP contribution in [0.2, 0.25) is 0 Å². The molecule has 1 heterocycles. The fourth-order valence-electron chi connectivity index (χ4n) is 2.76. The van der Waals surface area contributed by atoms with E-state index in [4.69, 9.17) is 0 Å². The van der Waals surface area contributed by atoms with Crippen molar-refractivity contribution in [3.63, 3.8) is 0 Å². The predicted molar refractivity (Wildman–Crippen MR) is 76.4 cm³/mol. The Labute approximate surface area is 108 Å². The van der Waals surface area contributed by atoms with E-state index in [1.807, 2.05) is 0 Å². The minimum Gasteiger partial charge on any atom is -0.315 e. The van der Waals surface area contributed by atoms with Crippen molar-refractivity contribution < 1.29 is 0 Å². The molecular weight excluding hydrogens is 208 g/mol. The second kappa shape index (κ2) is 6.75. The van der Waals surface area contributed by atoms with Gasteiger partial charge in [0.25, 0.3) is 0 Å². The summed E-state index contributed by atoms with van der Waals surface area (Å²) in [6, 6.07) is 1.64. The van der Waals surface area contributed by atoms with E-state index in [9.17, 15) is 0 Å². The Kier molecular flexibility index (Phi) is 5.94. The first-order valence-corrected chi connectivity index (χ1v) is 7.40. The maximum Gasteiger partial charge on any atom is 0.0113 e. The van der Waals surface area contributed by atoms with Crippen LogP contribution in [0.15, 0.2) is 0 Å². The van der Waals surface area contributed by atoms with Crippen LogP contribution in [0.25, 0.3) is 0 Å². The molecule has 1 rings (SSSR count). The van der Waals surface area contributed by atoms with Crippen molar-refractivity contribution in [1.82, 2.24) is 10.2 Å². The molecule has 102 valence electrons. The Bertz CT molecular complexity index is 207. The van der Waals surface area contributed by atoms with Crippen LogP contribution in [-0.4, -0.2) is 36.6 Å². The third kappa shape index (κ3) is 5.39. The molecule has 0 aromatic rings. The second-order valence-corrected chi connectivity index (χ2v) is 6.79. The highest BCUT2D eigenvalue weighted by Gasteiger charge is 2.28. The first-order valence-electron chi connectivity index (χ1n) is 7.40. The first kappa shape index (κ1) is 15.0. The number of nitrogens with one attached hydrogen (secondary N) is 1. The second-order valence-electron chi connectivity index (χ2n) is 6.79. The summed E-state index contributed by atoms with van der Waals surface area (Å²) >= 11 is 0. The molecule has 2 unspecified atom stereocenters. The molecule has 0 saturated carbocycles. The molecule has 0 aromatic carbocycles. The summed E-state index contributed by atoms with van der Waals surface area (Å²) in [5, 5.41) is 3.59. The van der Waals surface area contributed by atoms with Crippen LogP contribution in [0.5, 0.6) is 0 Å². The molecule has 0 spiro atoms. The summed E-state index contributed by atoms with van der Waals surface area (Å²) in [6.45, 7) is 15.2. The lowest BCUT2D eigenvalue weighted by atomic mass is 9.92. The van der Waals surface area contributed by atoms with Crippen LogP contribution >= 0.6 is 0 Å². The first-order chi connectivity index (χ1) is 7.94. The zero-order valence-corrected chi connectivity index (χ0v) is 12.6. The van der Waals surface area contributed by atoms with Crippen LogP contribution < -0.4 is 5.32 Å². The van der Waals surface area contributed by atoms with Crippen molar-refractivity contribution in [2.24, 2.45) is 5.41 Å². The van der Waals surface area contributed by atoms with Crippen LogP contribution in [-0.2, 0) is 0 Å². The van der Waals surface area contributed by atoms with Gasteiger partial charge in [-0.1, -0.05) is 27.7 Å². The van der Waals surface area contributed by atoms with Crippen LogP contribution in [0.4, 0.5) is 0 Å². The van der Waals surface area contributed by atoms with Gasteiger partial charge in [-0.15, -0.1) is 0 Å². The number of hydrogen-bond donors (Lipinski definition) is 1. The lowest BCUT2D eigenvalue weighted by Gasteiger charge is -2.28. The van der Waals surface area contributed by atoms with Gasteiger partial charge in [0.15, 0.2) is 0 Å². The predicted octanol–water partition coefficient (Wildman–Crippen LogP) is 3.28. The molecule has 0 aliphatic carbocycles. The van der Waals surface area contributed by atoms with E-state index in [0.717, 1.165) is 25.2 Å². The summed E-state index contributed by atoms with van der Waals surface area (Å²) in [7, 11) is 0. The summed E-state index contributed by atoms with van der Waals surface area (Å²) in [5.74, 6) is 0. The van der Waals surface area contributed by atoms with Gasteiger partial charge in [0.05, 0.1) is 0 Å². The molecule has 2 heteroatoms. The zero-order chi connectivity index (χ0) is 12.9. The van der Waals surface area contributed by atoms with Gasteiger partial charge < -0.3 is 5.32 Å². The Morgan fingerprint density at radius 3 is 2.47 bits per heavy atom. The highest BCUT2D eigenvalue weighted by molar-refractivity contribution is 4.84. The third-order valence-electron chi connectivity index (χ3n) is 4.02. The fourth-order valence-corrected chi connectivity index (χ4v) is 2.76. The maximum absolute atomic E-state index is 3.59. The van der Waals surface area contributed by atoms with Gasteiger partial charge in [0, 0.05) is 25.2 Å². The fraction of sp³-hybridized carbons (Fsp3) is 1.00. The van der Waals surface area contributed by atoms with E-state index >= 15 is 0 Å². The van der Waals surface area contributed by atoms with Crippen molar-refractivity contribution >= 4 is 0 Å². The lowest BCUT2D eigenvalue weighted by molar-refractivity contribution is 0.198. The third-order valence-corrected chi connectivity index (χ3v) is 4.02. The smallest absolute Gasteiger partial charge is 0.0113 e. The molecule has 0 radical (unpaired) electrons. The standard InChI is InChI=1S/C15H32N2/c1-6-14-8-7-13(2)17(14)12-11-16-10-9-15(3,4)5/h13-14,16H,6-12H2,1-5H3. The maximum atomic E-state index is 3.59. The highest BCUT2D eigenvalue weighted by Crippen LogP contribution is 2.25. The minimum atomic E-state index is 0.458. The monoisotopic (exact) mass is 240 g/mol. The molecule has 1 saturated heterocycles. The lowest BCUT2D eigenvalue weighted by Crippen LogP contribution is -2.39. The summed E-state index contributed by atoms with van der Waals surface area (Å²) in [5.41, 5.74) is 0.458. The number of nitrogens with zero attached hydrogens (tertiary/aromatic N) is 1. The quantitative estimate of drug-likeness (QED) is 0.717. The van der Waals surface area contributed by atoms with Gasteiger partial charge in [0.1, 0.15) is 0 Å². The summed E-state index contributed by atoms with van der Waals surface area (Å²) in [6.07, 6.45) is 5.37. The molecule has 0 bridgehead atoms. The van der Waals surface area contributed by atoms with E-state index in [2.05, 4.69) is 44.8 Å². The normalized spacial score (nSPS) is 26.6. The van der Waals surface area contributed by atoms with Gasteiger partial charge in [-0.25, -0.2) is 0 Å². The number of likely N-dealkylation sites (tertiary alicyclic amines) is 1. The molecule has 2 atom stereocenters. The Balaban J connectivity index is 2.13. The molecule has 17 heavy (non-hydrogen) atoms. The largest absolute Gasteiger partial charge is 0.315 e. The van der Waals surface area contributed by atoms with Crippen molar-refractivity contribution in [3.8, 4) is 0 Å². The van der Waals surface area contributed by atoms with Crippen LogP contribution in [0, 0.1) is 5.41 Å². The molecule has 0 amide bonds. The van der Waals surface area contributed by atoms with Crippen molar-refractivity contribution in [1.29, 1.82) is 0 Å². The molecule has 1 aliphatic rings. The van der Waals surface area contributed by atoms with Gasteiger partial charge >= 0.3 is 0 Å². The molecule has 1 N–H and O–H groups in total. The Morgan fingerprint density at radius 2 is 1.88 bits per heavy atom. The van der Waals surface area contributed by atoms with Crippen molar-refractivity contribution in [2.75, 3.05) is 19.6 Å². The molecular formula is C15H32N2. The zero-order valence-electron chi connectivity index (χ0n) is 12.6. The average molecular weight is 240 g/mol. The Morgan fingerprint density at radius 1 is 1.18 bits per heavy atom. The van der Waals surface area contributed by atoms with E-state index in [-0.39, 0.29) is 0 Å². The van der Waals surface area contributed by atoms with Crippen molar-refractivity contribution in [2.45, 2.75) is 72.4 Å². The van der Waals surface area contributed by atoms with Crippen molar-refractivity contribution in [3.05, 3.63) is 0 Å². The topological polar surface area (TPSA) is 15.3 Å². The number of hydrogen-bond acceptors (Lipinski definition) is 2. The number of rotatable bonds is 6. The van der Waals surface area contributed by atoms with Gasteiger partial charge in [-0.05, 0) is 44.6 Å².